The number of halogens is 1. The van der Waals surface area contributed by atoms with Crippen molar-refractivity contribution in [2.24, 2.45) is 27.2 Å². The number of hydrogen-bond donors (Lipinski definition) is 3. The van der Waals surface area contributed by atoms with Gasteiger partial charge >= 0.3 is 0 Å². The molecule has 0 amide bonds. The molecule has 17 heavy (non-hydrogen) atoms. The van der Waals surface area contributed by atoms with Crippen LogP contribution in [0.2, 0.25) is 0 Å². The lowest BCUT2D eigenvalue weighted by Crippen LogP contribution is -2.27. The van der Waals surface area contributed by atoms with E-state index in [2.05, 4.69) is 9.98 Å². The highest BCUT2D eigenvalue weighted by atomic mass is 19.1. The van der Waals surface area contributed by atoms with Crippen LogP contribution < -0.4 is 17.2 Å². The highest BCUT2D eigenvalue weighted by molar-refractivity contribution is 5.92. The summed E-state index contributed by atoms with van der Waals surface area (Å²) >= 11 is 0. The van der Waals surface area contributed by atoms with Gasteiger partial charge in [0.15, 0.2) is 5.96 Å². The van der Waals surface area contributed by atoms with Crippen LogP contribution in [0.5, 0.6) is 0 Å². The summed E-state index contributed by atoms with van der Waals surface area (Å²) in [7, 11) is 0. The second-order valence-electron chi connectivity index (χ2n) is 3.70. The molecule has 0 aliphatic carbocycles. The maximum atomic E-state index is 12.7. The Bertz CT molecular complexity index is 420. The summed E-state index contributed by atoms with van der Waals surface area (Å²) < 4.78 is 12.7. The predicted octanol–water partition coefficient (Wildman–Crippen LogP) is 0.345. The Hall–Kier alpha value is -2.11. The third-order valence-electron chi connectivity index (χ3n) is 2.04. The van der Waals surface area contributed by atoms with Gasteiger partial charge in [-0.25, -0.2) is 9.38 Å². The Morgan fingerprint density at radius 2 is 1.82 bits per heavy atom. The summed E-state index contributed by atoms with van der Waals surface area (Å²) in [6, 6.07) is 6.15. The molecule has 92 valence electrons. The summed E-state index contributed by atoms with van der Waals surface area (Å²) in [6.45, 7) is 1.87. The van der Waals surface area contributed by atoms with Gasteiger partial charge in [0.1, 0.15) is 5.82 Å². The second kappa shape index (κ2) is 5.83. The Balaban J connectivity index is 2.63. The summed E-state index contributed by atoms with van der Waals surface area (Å²) in [6.07, 6.45) is 0.640. The van der Waals surface area contributed by atoms with E-state index in [1.54, 1.807) is 12.1 Å². The third-order valence-corrected chi connectivity index (χ3v) is 2.04. The lowest BCUT2D eigenvalue weighted by atomic mass is 10.1. The standard InChI is InChI=1S/C11H16FN5/c1-7(16-11(15)17-10(13)14)6-8-2-4-9(12)5-3-8/h2-5,7H,6H2,1H3,(H6,13,14,15,16,17). The van der Waals surface area contributed by atoms with E-state index in [4.69, 9.17) is 17.2 Å². The minimum atomic E-state index is -0.259. The molecule has 0 saturated carbocycles. The van der Waals surface area contributed by atoms with Crippen molar-refractivity contribution in [3.05, 3.63) is 35.6 Å². The molecule has 0 aromatic heterocycles. The molecule has 0 spiro atoms. The van der Waals surface area contributed by atoms with Crippen molar-refractivity contribution in [3.63, 3.8) is 0 Å². The fourth-order valence-corrected chi connectivity index (χ4v) is 1.39. The Labute approximate surface area is 99.2 Å². The fourth-order valence-electron chi connectivity index (χ4n) is 1.39. The maximum absolute atomic E-state index is 12.7. The quantitative estimate of drug-likeness (QED) is 0.522. The molecular weight excluding hydrogens is 221 g/mol. The van der Waals surface area contributed by atoms with Crippen LogP contribution in [0.1, 0.15) is 12.5 Å². The smallest absolute Gasteiger partial charge is 0.218 e. The van der Waals surface area contributed by atoms with Gasteiger partial charge in [-0.05, 0) is 31.0 Å². The van der Waals surface area contributed by atoms with Crippen molar-refractivity contribution in [1.82, 2.24) is 0 Å². The van der Waals surface area contributed by atoms with Crippen LogP contribution in [-0.4, -0.2) is 18.0 Å². The topological polar surface area (TPSA) is 103 Å². The predicted molar refractivity (Wildman–Crippen MR) is 67.0 cm³/mol. The lowest BCUT2D eigenvalue weighted by Gasteiger charge is -2.06. The monoisotopic (exact) mass is 237 g/mol. The largest absolute Gasteiger partial charge is 0.370 e. The van der Waals surface area contributed by atoms with E-state index in [-0.39, 0.29) is 23.8 Å². The van der Waals surface area contributed by atoms with Crippen LogP contribution in [0.3, 0.4) is 0 Å². The van der Waals surface area contributed by atoms with E-state index in [0.29, 0.717) is 6.42 Å². The number of hydrogen-bond acceptors (Lipinski definition) is 1. The van der Waals surface area contributed by atoms with E-state index in [9.17, 15) is 4.39 Å². The molecule has 0 saturated heterocycles. The molecule has 1 rings (SSSR count). The zero-order chi connectivity index (χ0) is 12.8. The molecular formula is C11H16FN5. The highest BCUT2D eigenvalue weighted by Crippen LogP contribution is 2.07. The molecule has 0 heterocycles. The van der Waals surface area contributed by atoms with Gasteiger partial charge in [-0.3, -0.25) is 0 Å². The van der Waals surface area contributed by atoms with Gasteiger partial charge in [0.2, 0.25) is 5.96 Å². The molecule has 0 aliphatic heterocycles. The first-order chi connectivity index (χ1) is 7.97. The first kappa shape index (κ1) is 13.0. The Morgan fingerprint density at radius 1 is 1.24 bits per heavy atom. The fraction of sp³-hybridized carbons (Fsp3) is 0.273. The molecule has 0 fully saturated rings. The van der Waals surface area contributed by atoms with Crippen molar-refractivity contribution in [3.8, 4) is 0 Å². The lowest BCUT2D eigenvalue weighted by molar-refractivity contribution is 0.626. The number of benzene rings is 1. The van der Waals surface area contributed by atoms with Crippen molar-refractivity contribution in [2.45, 2.75) is 19.4 Å². The maximum Gasteiger partial charge on any atom is 0.218 e. The average Bonchev–Trinajstić information content (AvgIpc) is 2.19. The number of rotatable bonds is 3. The average molecular weight is 237 g/mol. The Kier molecular flexibility index (Phi) is 4.45. The van der Waals surface area contributed by atoms with Crippen molar-refractivity contribution in [2.75, 3.05) is 0 Å². The van der Waals surface area contributed by atoms with E-state index >= 15 is 0 Å². The van der Waals surface area contributed by atoms with Crippen LogP contribution in [0.4, 0.5) is 4.39 Å². The van der Waals surface area contributed by atoms with Crippen molar-refractivity contribution < 1.29 is 4.39 Å². The van der Waals surface area contributed by atoms with E-state index < -0.39 is 0 Å². The summed E-state index contributed by atoms with van der Waals surface area (Å²) in [5.41, 5.74) is 16.8. The van der Waals surface area contributed by atoms with Gasteiger partial charge in [-0.1, -0.05) is 12.1 Å². The second-order valence-corrected chi connectivity index (χ2v) is 3.70. The van der Waals surface area contributed by atoms with Crippen LogP contribution >= 0.6 is 0 Å². The minimum Gasteiger partial charge on any atom is -0.370 e. The van der Waals surface area contributed by atoms with Crippen LogP contribution in [0.25, 0.3) is 0 Å². The molecule has 6 N–H and O–H groups in total. The van der Waals surface area contributed by atoms with Gasteiger partial charge in [0.05, 0.1) is 6.04 Å². The Morgan fingerprint density at radius 3 is 2.35 bits per heavy atom. The SMILES string of the molecule is CC(Cc1ccc(F)cc1)N=C(N)N=C(N)N. The van der Waals surface area contributed by atoms with Crippen LogP contribution in [0.15, 0.2) is 34.3 Å². The molecule has 0 bridgehead atoms. The normalized spacial score (nSPS) is 13.2. The van der Waals surface area contributed by atoms with Gasteiger partial charge in [0.25, 0.3) is 0 Å². The van der Waals surface area contributed by atoms with Crippen LogP contribution in [0, 0.1) is 5.82 Å². The number of aliphatic imine (C=N–C) groups is 2. The van der Waals surface area contributed by atoms with E-state index in [1.807, 2.05) is 6.92 Å². The summed E-state index contributed by atoms with van der Waals surface area (Å²) in [4.78, 5) is 7.70. The highest BCUT2D eigenvalue weighted by Gasteiger charge is 2.03. The van der Waals surface area contributed by atoms with Crippen molar-refractivity contribution in [1.29, 1.82) is 0 Å². The van der Waals surface area contributed by atoms with E-state index in [0.717, 1.165) is 5.56 Å². The van der Waals surface area contributed by atoms with Crippen LogP contribution in [-0.2, 0) is 6.42 Å². The third kappa shape index (κ3) is 4.96. The molecule has 1 aromatic carbocycles. The number of guanidine groups is 2. The number of nitrogens with zero attached hydrogens (tertiary/aromatic N) is 2. The molecule has 1 atom stereocenters. The zero-order valence-electron chi connectivity index (χ0n) is 9.60. The molecule has 0 aliphatic rings. The number of nitrogens with two attached hydrogens (primary N) is 3. The molecule has 1 aromatic rings. The van der Waals surface area contributed by atoms with Gasteiger partial charge in [0, 0.05) is 0 Å². The summed E-state index contributed by atoms with van der Waals surface area (Å²) in [5.74, 6) is -0.343. The van der Waals surface area contributed by atoms with Gasteiger partial charge in [-0.2, -0.15) is 4.99 Å². The van der Waals surface area contributed by atoms with E-state index in [1.165, 1.54) is 12.1 Å². The first-order valence-corrected chi connectivity index (χ1v) is 5.14. The molecule has 0 radical (unpaired) electrons. The van der Waals surface area contributed by atoms with Crippen molar-refractivity contribution >= 4 is 11.9 Å². The minimum absolute atomic E-state index is 0.0413. The zero-order valence-corrected chi connectivity index (χ0v) is 9.60. The summed E-state index contributed by atoms with van der Waals surface area (Å²) in [5, 5.41) is 0. The molecule has 5 nitrogen and oxygen atoms in total. The van der Waals surface area contributed by atoms with Gasteiger partial charge in [-0.15, -0.1) is 0 Å². The molecule has 6 heteroatoms. The first-order valence-electron chi connectivity index (χ1n) is 5.14. The van der Waals surface area contributed by atoms with Gasteiger partial charge < -0.3 is 17.2 Å². The molecule has 1 unspecified atom stereocenters.